The lowest BCUT2D eigenvalue weighted by Gasteiger charge is -2.11. The van der Waals surface area contributed by atoms with E-state index in [1.165, 1.54) is 0 Å². The molecule has 6 nitrogen and oxygen atoms in total. The molecule has 0 saturated carbocycles. The summed E-state index contributed by atoms with van der Waals surface area (Å²) >= 11 is 7.61. The SMILES string of the molecule is CCOc1ccc(OCc2nnc(SCCOC)n2-c2ccc(Cl)cc2)cc1. The molecule has 1 heterocycles. The van der Waals surface area contributed by atoms with Crippen LogP contribution in [0.1, 0.15) is 12.7 Å². The van der Waals surface area contributed by atoms with Crippen molar-refractivity contribution < 1.29 is 14.2 Å². The molecule has 8 heteroatoms. The lowest BCUT2D eigenvalue weighted by molar-refractivity contribution is 0.218. The highest BCUT2D eigenvalue weighted by molar-refractivity contribution is 7.99. The van der Waals surface area contributed by atoms with Gasteiger partial charge in [0.2, 0.25) is 0 Å². The number of thioether (sulfide) groups is 1. The topological polar surface area (TPSA) is 58.4 Å². The maximum Gasteiger partial charge on any atom is 0.196 e. The molecule has 28 heavy (non-hydrogen) atoms. The Morgan fingerprint density at radius 2 is 1.64 bits per heavy atom. The standard InChI is InChI=1S/C20H22ClN3O3S/c1-3-26-17-8-10-18(11-9-17)27-14-19-22-23-20(28-13-12-25-2)24(19)16-6-4-15(21)5-7-16/h4-11H,3,12-14H2,1-2H3. The Balaban J connectivity index is 1.78. The predicted molar refractivity (Wildman–Crippen MR) is 111 cm³/mol. The molecule has 0 saturated heterocycles. The average Bonchev–Trinajstić information content (AvgIpc) is 3.11. The molecule has 0 aliphatic rings. The van der Waals surface area contributed by atoms with Crippen LogP contribution in [-0.2, 0) is 11.3 Å². The van der Waals surface area contributed by atoms with Gasteiger partial charge in [-0.05, 0) is 55.5 Å². The molecule has 0 aliphatic heterocycles. The fraction of sp³-hybridized carbons (Fsp3) is 0.300. The summed E-state index contributed by atoms with van der Waals surface area (Å²) in [6.07, 6.45) is 0. The van der Waals surface area contributed by atoms with Crippen molar-refractivity contribution in [3.05, 3.63) is 59.4 Å². The maximum atomic E-state index is 6.03. The van der Waals surface area contributed by atoms with E-state index in [1.807, 2.05) is 60.0 Å². The van der Waals surface area contributed by atoms with Crippen LogP contribution in [0.3, 0.4) is 0 Å². The van der Waals surface area contributed by atoms with Gasteiger partial charge < -0.3 is 14.2 Å². The minimum absolute atomic E-state index is 0.286. The third-order valence-electron chi connectivity index (χ3n) is 3.81. The van der Waals surface area contributed by atoms with E-state index in [1.54, 1.807) is 18.9 Å². The lowest BCUT2D eigenvalue weighted by Crippen LogP contribution is -2.07. The summed E-state index contributed by atoms with van der Waals surface area (Å²) in [5, 5.41) is 10.1. The highest BCUT2D eigenvalue weighted by Gasteiger charge is 2.15. The quantitative estimate of drug-likeness (QED) is 0.352. The normalized spacial score (nSPS) is 10.8. The molecule has 0 N–H and O–H groups in total. The first-order valence-electron chi connectivity index (χ1n) is 8.89. The lowest BCUT2D eigenvalue weighted by atomic mass is 10.3. The van der Waals surface area contributed by atoms with Crippen molar-refractivity contribution in [1.82, 2.24) is 14.8 Å². The van der Waals surface area contributed by atoms with Crippen molar-refractivity contribution in [2.24, 2.45) is 0 Å². The summed E-state index contributed by atoms with van der Waals surface area (Å²) in [6.45, 7) is 3.51. The third-order valence-corrected chi connectivity index (χ3v) is 4.95. The van der Waals surface area contributed by atoms with Crippen LogP contribution in [0, 0.1) is 0 Å². The number of halogens is 1. The van der Waals surface area contributed by atoms with E-state index in [-0.39, 0.29) is 6.61 Å². The fourth-order valence-electron chi connectivity index (χ4n) is 2.50. The van der Waals surface area contributed by atoms with Gasteiger partial charge in [-0.1, -0.05) is 23.4 Å². The van der Waals surface area contributed by atoms with Crippen molar-refractivity contribution in [3.63, 3.8) is 0 Å². The summed E-state index contributed by atoms with van der Waals surface area (Å²) in [5.41, 5.74) is 0.930. The molecule has 0 bridgehead atoms. The van der Waals surface area contributed by atoms with Gasteiger partial charge in [-0.3, -0.25) is 4.57 Å². The van der Waals surface area contributed by atoms with Crippen LogP contribution < -0.4 is 9.47 Å². The average molecular weight is 420 g/mol. The van der Waals surface area contributed by atoms with Gasteiger partial charge in [-0.15, -0.1) is 10.2 Å². The van der Waals surface area contributed by atoms with Gasteiger partial charge in [0, 0.05) is 23.6 Å². The highest BCUT2D eigenvalue weighted by Crippen LogP contribution is 2.24. The predicted octanol–water partition coefficient (Wildman–Crippen LogP) is 4.64. The summed E-state index contributed by atoms with van der Waals surface area (Å²) in [4.78, 5) is 0. The molecule has 0 radical (unpaired) electrons. The van der Waals surface area contributed by atoms with Crippen molar-refractivity contribution in [2.45, 2.75) is 18.7 Å². The third kappa shape index (κ3) is 5.41. The van der Waals surface area contributed by atoms with Gasteiger partial charge in [0.05, 0.1) is 13.2 Å². The molecule has 0 unspecified atom stereocenters. The van der Waals surface area contributed by atoms with Crippen LogP contribution in [0.5, 0.6) is 11.5 Å². The number of benzene rings is 2. The molecule has 3 aromatic rings. The van der Waals surface area contributed by atoms with Crippen LogP contribution in [-0.4, -0.2) is 40.8 Å². The van der Waals surface area contributed by atoms with E-state index >= 15 is 0 Å². The number of ether oxygens (including phenoxy) is 3. The zero-order chi connectivity index (χ0) is 19.8. The summed E-state index contributed by atoms with van der Waals surface area (Å²) in [5.74, 6) is 3.04. The number of methoxy groups -OCH3 is 1. The van der Waals surface area contributed by atoms with E-state index in [0.717, 1.165) is 28.1 Å². The zero-order valence-corrected chi connectivity index (χ0v) is 17.4. The summed E-state index contributed by atoms with van der Waals surface area (Å²) in [7, 11) is 1.68. The molecule has 0 atom stereocenters. The van der Waals surface area contributed by atoms with Crippen molar-refractivity contribution in [3.8, 4) is 17.2 Å². The Morgan fingerprint density at radius 3 is 2.29 bits per heavy atom. The van der Waals surface area contributed by atoms with Crippen LogP contribution in [0.2, 0.25) is 5.02 Å². The van der Waals surface area contributed by atoms with E-state index in [4.69, 9.17) is 25.8 Å². The Hall–Kier alpha value is -2.22. The van der Waals surface area contributed by atoms with Crippen molar-refractivity contribution in [2.75, 3.05) is 26.1 Å². The molecule has 2 aromatic carbocycles. The Kier molecular flexibility index (Phi) is 7.59. The van der Waals surface area contributed by atoms with Gasteiger partial charge >= 0.3 is 0 Å². The first-order chi connectivity index (χ1) is 13.7. The molecule has 0 amide bonds. The van der Waals surface area contributed by atoms with Gasteiger partial charge in [0.25, 0.3) is 0 Å². The smallest absolute Gasteiger partial charge is 0.196 e. The Morgan fingerprint density at radius 1 is 0.964 bits per heavy atom. The van der Waals surface area contributed by atoms with E-state index in [9.17, 15) is 0 Å². The minimum atomic E-state index is 0.286. The highest BCUT2D eigenvalue weighted by atomic mass is 35.5. The maximum absolute atomic E-state index is 6.03. The molecule has 0 spiro atoms. The Bertz CT molecular complexity index is 869. The first-order valence-corrected chi connectivity index (χ1v) is 10.2. The molecular weight excluding hydrogens is 398 g/mol. The van der Waals surface area contributed by atoms with Gasteiger partial charge in [-0.2, -0.15) is 0 Å². The molecule has 1 aromatic heterocycles. The van der Waals surface area contributed by atoms with E-state index < -0.39 is 0 Å². The van der Waals surface area contributed by atoms with Crippen LogP contribution in [0.4, 0.5) is 0 Å². The van der Waals surface area contributed by atoms with Crippen molar-refractivity contribution in [1.29, 1.82) is 0 Å². The molecule has 3 rings (SSSR count). The number of rotatable bonds is 10. The zero-order valence-electron chi connectivity index (χ0n) is 15.8. The van der Waals surface area contributed by atoms with E-state index in [0.29, 0.717) is 24.1 Å². The first kappa shape index (κ1) is 20.5. The second-order valence-electron chi connectivity index (χ2n) is 5.74. The second-order valence-corrected chi connectivity index (χ2v) is 7.24. The number of aromatic nitrogens is 3. The molecule has 0 fully saturated rings. The van der Waals surface area contributed by atoms with Crippen LogP contribution in [0.15, 0.2) is 53.7 Å². The van der Waals surface area contributed by atoms with E-state index in [2.05, 4.69) is 10.2 Å². The van der Waals surface area contributed by atoms with Gasteiger partial charge in [-0.25, -0.2) is 0 Å². The molecule has 0 aliphatic carbocycles. The monoisotopic (exact) mass is 419 g/mol. The second kappa shape index (κ2) is 10.4. The Labute approximate surface area is 173 Å². The van der Waals surface area contributed by atoms with Gasteiger partial charge in [0.1, 0.15) is 18.1 Å². The number of hydrogen-bond acceptors (Lipinski definition) is 6. The summed E-state index contributed by atoms with van der Waals surface area (Å²) < 4.78 is 18.5. The number of nitrogens with zero attached hydrogens (tertiary/aromatic N) is 3. The van der Waals surface area contributed by atoms with Gasteiger partial charge in [0.15, 0.2) is 11.0 Å². The molecular formula is C20H22ClN3O3S. The molecule has 148 valence electrons. The van der Waals surface area contributed by atoms with Crippen LogP contribution >= 0.6 is 23.4 Å². The fourth-order valence-corrected chi connectivity index (χ4v) is 3.50. The number of hydrogen-bond donors (Lipinski definition) is 0. The largest absolute Gasteiger partial charge is 0.494 e. The van der Waals surface area contributed by atoms with Crippen LogP contribution in [0.25, 0.3) is 5.69 Å². The summed E-state index contributed by atoms with van der Waals surface area (Å²) in [6, 6.07) is 15.1. The van der Waals surface area contributed by atoms with Crippen molar-refractivity contribution >= 4 is 23.4 Å². The minimum Gasteiger partial charge on any atom is -0.494 e.